The van der Waals surface area contributed by atoms with Crippen LogP contribution < -0.4 is 0 Å². The summed E-state index contributed by atoms with van der Waals surface area (Å²) < 4.78 is 59.2. The van der Waals surface area contributed by atoms with Gasteiger partial charge in [0.25, 0.3) is 0 Å². The van der Waals surface area contributed by atoms with E-state index in [1.807, 2.05) is 0 Å². The quantitative estimate of drug-likeness (QED) is 0.277. The summed E-state index contributed by atoms with van der Waals surface area (Å²) in [6.07, 6.45) is 6.00. The Morgan fingerprint density at radius 3 is 0.550 bits per heavy atom. The van der Waals surface area contributed by atoms with Gasteiger partial charge in [-0.2, -0.15) is 27.7 Å². The van der Waals surface area contributed by atoms with Crippen LogP contribution in [0.25, 0.3) is 0 Å². The van der Waals surface area contributed by atoms with Gasteiger partial charge in [0.1, 0.15) is 0 Å². The normalized spacial score (nSPS) is 10.7. The molecule has 0 spiro atoms. The van der Waals surface area contributed by atoms with Crippen LogP contribution in [0.1, 0.15) is 27.7 Å². The number of hydrogen-bond donors (Lipinski definition) is 0. The molecule has 0 saturated heterocycles. The monoisotopic (exact) mass is 380 g/mol. The van der Waals surface area contributed by atoms with Gasteiger partial charge >= 0.3 is 33.0 Å². The van der Waals surface area contributed by atoms with E-state index in [1.165, 1.54) is 52.8 Å². The Hall–Kier alpha value is -0.791. The molecule has 4 nitrogen and oxygen atoms in total. The third-order valence-electron chi connectivity index (χ3n) is 0. The molecule has 12 heteroatoms. The third-order valence-corrected chi connectivity index (χ3v) is 0. The van der Waals surface area contributed by atoms with Crippen LogP contribution in [-0.4, -0.2) is 25.1 Å². The average Bonchev–Trinajstić information content (AvgIpc) is 2.01. The largest absolute Gasteiger partial charge is 0 e. The van der Waals surface area contributed by atoms with Gasteiger partial charge in [0.05, 0.1) is 0 Å². The van der Waals surface area contributed by atoms with E-state index >= 15 is 0 Å². The molecular formula is C8H12CuF6O4P-5. The molecular weight excluding hydrogens is 369 g/mol. The summed E-state index contributed by atoms with van der Waals surface area (Å²) in [7, 11) is -10.7. The zero-order valence-corrected chi connectivity index (χ0v) is 12.5. The molecule has 0 aliphatic heterocycles. The number of hydrogen-bond acceptors (Lipinski definition) is 4. The van der Waals surface area contributed by atoms with Crippen LogP contribution in [0.5, 0.6) is 0 Å². The van der Waals surface area contributed by atoms with Crippen molar-refractivity contribution in [2.75, 3.05) is 0 Å². The molecule has 0 aliphatic carbocycles. The van der Waals surface area contributed by atoms with E-state index in [0.29, 0.717) is 0 Å². The second kappa shape index (κ2) is 16.3. The van der Waals surface area contributed by atoms with Crippen molar-refractivity contribution in [2.45, 2.75) is 27.7 Å². The Bertz CT molecular complexity index is 205. The molecule has 131 valence electrons. The Morgan fingerprint density at radius 2 is 0.550 bits per heavy atom. The summed E-state index contributed by atoms with van der Waals surface area (Å²) in [5.41, 5.74) is 0. The van der Waals surface area contributed by atoms with E-state index in [4.69, 9.17) is 19.2 Å². The summed E-state index contributed by atoms with van der Waals surface area (Å²) in [6.45, 7) is 5.28. The van der Waals surface area contributed by atoms with Gasteiger partial charge in [0.15, 0.2) is 0 Å². The molecule has 0 heterocycles. The molecule has 0 atom stereocenters. The van der Waals surface area contributed by atoms with Gasteiger partial charge in [0, 0.05) is 17.1 Å². The van der Waals surface area contributed by atoms with Crippen LogP contribution in [0.3, 0.4) is 0 Å². The molecule has 0 unspecified atom stereocenters. The van der Waals surface area contributed by atoms with E-state index in [2.05, 4.69) is 0 Å². The Balaban J connectivity index is -0.0000000326. The van der Waals surface area contributed by atoms with Gasteiger partial charge in [-0.3, -0.25) is 25.1 Å². The topological polar surface area (TPSA) is 68.3 Å². The minimum atomic E-state index is -10.7. The summed E-state index contributed by atoms with van der Waals surface area (Å²) in [6, 6.07) is 0. The van der Waals surface area contributed by atoms with Crippen LogP contribution >= 0.6 is 7.81 Å². The van der Waals surface area contributed by atoms with Gasteiger partial charge in [-0.15, -0.1) is 0 Å². The standard InChI is InChI=1S/4C2H3O.Cu.F6P/c4*1-2-3;;1-7(2,3,4,5)6/h4*1H3;;/q4*-1;;-1. The fourth-order valence-electron chi connectivity index (χ4n) is 0. The molecule has 0 fully saturated rings. The molecule has 0 aromatic carbocycles. The van der Waals surface area contributed by atoms with Gasteiger partial charge in [0.2, 0.25) is 0 Å². The van der Waals surface area contributed by atoms with Crippen molar-refractivity contribution < 1.29 is 61.4 Å². The van der Waals surface area contributed by atoms with Crippen molar-refractivity contribution in [1.29, 1.82) is 0 Å². The van der Waals surface area contributed by atoms with Crippen molar-refractivity contribution in [3.63, 3.8) is 0 Å². The fraction of sp³-hybridized carbons (Fsp3) is 0.500. The molecule has 0 rings (SSSR count). The first-order valence-electron chi connectivity index (χ1n) is 3.83. The molecule has 0 saturated carbocycles. The predicted molar refractivity (Wildman–Crippen MR) is 59.0 cm³/mol. The van der Waals surface area contributed by atoms with Crippen molar-refractivity contribution >= 4 is 33.0 Å². The van der Waals surface area contributed by atoms with Crippen LogP contribution in [0.2, 0.25) is 0 Å². The maximum atomic E-state index is 9.87. The Kier molecular flexibility index (Phi) is 29.7. The Labute approximate surface area is 123 Å². The molecule has 0 amide bonds. The van der Waals surface area contributed by atoms with E-state index in [1.54, 1.807) is 0 Å². The molecule has 0 bridgehead atoms. The number of carbonyl (C=O) groups excluding carboxylic acids is 4. The van der Waals surface area contributed by atoms with Gasteiger partial charge in [-0.25, -0.2) is 0 Å². The first-order valence-corrected chi connectivity index (χ1v) is 5.86. The van der Waals surface area contributed by atoms with E-state index in [0.717, 1.165) is 0 Å². The average molecular weight is 381 g/mol. The number of rotatable bonds is 0. The molecule has 0 aliphatic rings. The molecule has 0 aromatic heterocycles. The Morgan fingerprint density at radius 1 is 0.550 bits per heavy atom. The summed E-state index contributed by atoms with van der Waals surface area (Å²) in [4.78, 5) is 34.7. The summed E-state index contributed by atoms with van der Waals surface area (Å²) >= 11 is 0. The molecule has 0 aromatic rings. The van der Waals surface area contributed by atoms with Crippen molar-refractivity contribution in [3.05, 3.63) is 0 Å². The maximum absolute atomic E-state index is 10.7. The zero-order chi connectivity index (χ0) is 17.2. The van der Waals surface area contributed by atoms with Gasteiger partial charge in [-0.1, -0.05) is 0 Å². The first-order chi connectivity index (χ1) is 8.11. The molecule has 1 radical (unpaired) electrons. The van der Waals surface area contributed by atoms with Crippen LogP contribution in [0.15, 0.2) is 0 Å². The minimum absolute atomic E-state index is 0. The second-order valence-corrected chi connectivity index (χ2v) is 3.69. The van der Waals surface area contributed by atoms with Crippen LogP contribution in [-0.2, 0) is 36.2 Å². The van der Waals surface area contributed by atoms with Crippen LogP contribution in [0, 0.1) is 0 Å². The summed E-state index contributed by atoms with van der Waals surface area (Å²) in [5, 5.41) is 0. The number of halogens is 6. The molecule has 20 heavy (non-hydrogen) atoms. The smallest absolute Gasteiger partial charge is 0 e. The second-order valence-electron chi connectivity index (χ2n) is 1.77. The van der Waals surface area contributed by atoms with E-state index in [9.17, 15) is 25.2 Å². The minimum Gasteiger partial charge on any atom is 0 e. The van der Waals surface area contributed by atoms with Gasteiger partial charge in [-0.05, 0) is 0 Å². The zero-order valence-electron chi connectivity index (χ0n) is 10.6. The van der Waals surface area contributed by atoms with Gasteiger partial charge < -0.3 is 19.2 Å². The van der Waals surface area contributed by atoms with Crippen LogP contribution in [0.4, 0.5) is 25.2 Å². The molecule has 0 N–H and O–H groups in total. The first kappa shape index (κ1) is 36.5. The van der Waals surface area contributed by atoms with Crippen molar-refractivity contribution in [2.24, 2.45) is 0 Å². The third kappa shape index (κ3) is 7240. The van der Waals surface area contributed by atoms with Crippen molar-refractivity contribution in [1.82, 2.24) is 0 Å². The van der Waals surface area contributed by atoms with E-state index < -0.39 is 7.81 Å². The SMILES string of the molecule is C[C-]=O.C[C-]=O.C[C-]=O.C[C-]=O.F[P-](F)(F)(F)(F)F.[Cu]. The van der Waals surface area contributed by atoms with Crippen molar-refractivity contribution in [3.8, 4) is 0 Å². The predicted octanol–water partition coefficient (Wildman–Crippen LogP) is 3.84. The fourth-order valence-corrected chi connectivity index (χ4v) is 0. The maximum Gasteiger partial charge on any atom is 0 e. The summed E-state index contributed by atoms with van der Waals surface area (Å²) in [5.74, 6) is 0. The van der Waals surface area contributed by atoms with E-state index in [-0.39, 0.29) is 17.1 Å².